The molecule has 0 amide bonds. The summed E-state index contributed by atoms with van der Waals surface area (Å²) < 4.78 is 5.71. The highest BCUT2D eigenvalue weighted by molar-refractivity contribution is 6.02. The van der Waals surface area contributed by atoms with Gasteiger partial charge in [0.05, 0.1) is 12.3 Å². The third kappa shape index (κ3) is 2.03. The monoisotopic (exact) mass is 219 g/mol. The van der Waals surface area contributed by atoms with Gasteiger partial charge in [0, 0.05) is 11.1 Å². The first kappa shape index (κ1) is 11.0. The number of benzene rings is 1. The van der Waals surface area contributed by atoms with Crippen LogP contribution in [0.25, 0.3) is 0 Å². The Balaban J connectivity index is 2.35. The van der Waals surface area contributed by atoms with Crippen molar-refractivity contribution >= 4 is 5.71 Å². The lowest BCUT2D eigenvalue weighted by Gasteiger charge is -2.20. The van der Waals surface area contributed by atoms with Crippen molar-refractivity contribution in [1.29, 1.82) is 0 Å². The molecule has 0 unspecified atom stereocenters. The Bertz CT molecular complexity index is 399. The van der Waals surface area contributed by atoms with Crippen LogP contribution in [-0.2, 0) is 6.42 Å². The van der Waals surface area contributed by atoms with Gasteiger partial charge in [0.25, 0.3) is 0 Å². The van der Waals surface area contributed by atoms with Crippen molar-refractivity contribution in [3.05, 3.63) is 29.3 Å². The SMILES string of the molecule is CCCOc1cccc2c1CCCC2=NO. The lowest BCUT2D eigenvalue weighted by molar-refractivity contribution is 0.311. The van der Waals surface area contributed by atoms with Crippen molar-refractivity contribution in [1.82, 2.24) is 0 Å². The molecule has 2 rings (SSSR count). The Hall–Kier alpha value is -1.51. The maximum absolute atomic E-state index is 8.95. The second-order valence-corrected chi connectivity index (χ2v) is 4.03. The van der Waals surface area contributed by atoms with E-state index in [1.165, 1.54) is 5.56 Å². The van der Waals surface area contributed by atoms with E-state index in [0.717, 1.165) is 49.3 Å². The van der Waals surface area contributed by atoms with E-state index in [1.54, 1.807) is 0 Å². The summed E-state index contributed by atoms with van der Waals surface area (Å²) >= 11 is 0. The zero-order valence-corrected chi connectivity index (χ0v) is 9.57. The van der Waals surface area contributed by atoms with Gasteiger partial charge in [0.15, 0.2) is 0 Å². The molecule has 0 aromatic heterocycles. The van der Waals surface area contributed by atoms with Crippen LogP contribution in [0.15, 0.2) is 23.4 Å². The Kier molecular flexibility index (Phi) is 3.44. The smallest absolute Gasteiger partial charge is 0.123 e. The first-order valence-electron chi connectivity index (χ1n) is 5.82. The Morgan fingerprint density at radius 3 is 3.00 bits per heavy atom. The molecule has 1 aliphatic rings. The molecule has 16 heavy (non-hydrogen) atoms. The fourth-order valence-corrected chi connectivity index (χ4v) is 2.11. The van der Waals surface area contributed by atoms with Crippen molar-refractivity contribution in [2.75, 3.05) is 6.61 Å². The number of nitrogens with zero attached hydrogens (tertiary/aromatic N) is 1. The van der Waals surface area contributed by atoms with Gasteiger partial charge in [-0.2, -0.15) is 0 Å². The lowest BCUT2D eigenvalue weighted by Crippen LogP contribution is -2.13. The molecule has 1 N–H and O–H groups in total. The molecule has 1 aromatic carbocycles. The number of ether oxygens (including phenoxy) is 1. The third-order valence-corrected chi connectivity index (χ3v) is 2.87. The van der Waals surface area contributed by atoms with E-state index in [1.807, 2.05) is 18.2 Å². The fraction of sp³-hybridized carbons (Fsp3) is 0.462. The molecular weight excluding hydrogens is 202 g/mol. The molecule has 0 bridgehead atoms. The number of fused-ring (bicyclic) bond motifs is 1. The average molecular weight is 219 g/mol. The Labute approximate surface area is 95.7 Å². The summed E-state index contributed by atoms with van der Waals surface area (Å²) in [5.74, 6) is 0.945. The van der Waals surface area contributed by atoms with Gasteiger partial charge in [0.2, 0.25) is 0 Å². The van der Waals surface area contributed by atoms with Crippen molar-refractivity contribution in [2.24, 2.45) is 5.16 Å². The highest BCUT2D eigenvalue weighted by Crippen LogP contribution is 2.29. The van der Waals surface area contributed by atoms with Crippen molar-refractivity contribution in [2.45, 2.75) is 32.6 Å². The lowest BCUT2D eigenvalue weighted by atomic mass is 9.89. The second-order valence-electron chi connectivity index (χ2n) is 4.03. The predicted molar refractivity (Wildman–Crippen MR) is 63.5 cm³/mol. The van der Waals surface area contributed by atoms with Crippen LogP contribution in [0.4, 0.5) is 0 Å². The summed E-state index contributed by atoms with van der Waals surface area (Å²) in [5.41, 5.74) is 3.01. The maximum Gasteiger partial charge on any atom is 0.123 e. The highest BCUT2D eigenvalue weighted by atomic mass is 16.5. The van der Waals surface area contributed by atoms with E-state index in [0.29, 0.717) is 0 Å². The van der Waals surface area contributed by atoms with Crippen molar-refractivity contribution < 1.29 is 9.94 Å². The molecule has 0 aliphatic heterocycles. The zero-order chi connectivity index (χ0) is 11.4. The van der Waals surface area contributed by atoms with Crippen LogP contribution in [0.1, 0.15) is 37.3 Å². The maximum atomic E-state index is 8.95. The Morgan fingerprint density at radius 2 is 2.25 bits per heavy atom. The van der Waals surface area contributed by atoms with E-state index < -0.39 is 0 Å². The number of hydrogen-bond donors (Lipinski definition) is 1. The summed E-state index contributed by atoms with van der Waals surface area (Å²) in [4.78, 5) is 0. The van der Waals surface area contributed by atoms with Crippen molar-refractivity contribution in [3.63, 3.8) is 0 Å². The minimum Gasteiger partial charge on any atom is -0.493 e. The van der Waals surface area contributed by atoms with Crippen LogP contribution >= 0.6 is 0 Å². The van der Waals surface area contributed by atoms with Gasteiger partial charge >= 0.3 is 0 Å². The van der Waals surface area contributed by atoms with E-state index in [9.17, 15) is 0 Å². The van der Waals surface area contributed by atoms with Gasteiger partial charge in [0.1, 0.15) is 5.75 Å². The van der Waals surface area contributed by atoms with E-state index in [2.05, 4.69) is 12.1 Å². The van der Waals surface area contributed by atoms with E-state index in [-0.39, 0.29) is 0 Å². The van der Waals surface area contributed by atoms with E-state index in [4.69, 9.17) is 9.94 Å². The fourth-order valence-electron chi connectivity index (χ4n) is 2.11. The molecule has 0 saturated heterocycles. The van der Waals surface area contributed by atoms with Crippen LogP contribution in [-0.4, -0.2) is 17.5 Å². The van der Waals surface area contributed by atoms with Gasteiger partial charge < -0.3 is 9.94 Å². The quantitative estimate of drug-likeness (QED) is 0.627. The normalized spacial score (nSPS) is 17.2. The van der Waals surface area contributed by atoms with Gasteiger partial charge in [-0.3, -0.25) is 0 Å². The van der Waals surface area contributed by atoms with Crippen LogP contribution in [0.3, 0.4) is 0 Å². The Morgan fingerprint density at radius 1 is 1.38 bits per heavy atom. The van der Waals surface area contributed by atoms with Crippen LogP contribution in [0.5, 0.6) is 5.75 Å². The molecule has 0 fully saturated rings. The first-order chi connectivity index (χ1) is 7.86. The zero-order valence-electron chi connectivity index (χ0n) is 9.57. The van der Waals surface area contributed by atoms with Crippen LogP contribution < -0.4 is 4.74 Å². The second kappa shape index (κ2) is 5.01. The minimum atomic E-state index is 0.738. The molecule has 86 valence electrons. The standard InChI is InChI=1S/C13H17NO2/c1-2-9-16-13-8-4-5-10-11(13)6-3-7-12(10)14-15/h4-5,8,15H,2-3,6-7,9H2,1H3. The summed E-state index contributed by atoms with van der Waals surface area (Å²) in [7, 11) is 0. The molecular formula is C13H17NO2. The molecule has 1 aliphatic carbocycles. The first-order valence-corrected chi connectivity index (χ1v) is 5.82. The van der Waals surface area contributed by atoms with Gasteiger partial charge in [-0.1, -0.05) is 24.2 Å². The molecule has 3 nitrogen and oxygen atoms in total. The van der Waals surface area contributed by atoms with Gasteiger partial charge in [-0.05, 0) is 31.7 Å². The molecule has 0 heterocycles. The topological polar surface area (TPSA) is 41.8 Å². The number of hydrogen-bond acceptors (Lipinski definition) is 3. The summed E-state index contributed by atoms with van der Waals surface area (Å²) in [5, 5.41) is 12.3. The molecule has 0 spiro atoms. The summed E-state index contributed by atoms with van der Waals surface area (Å²) in [6.45, 7) is 2.83. The predicted octanol–water partition coefficient (Wildman–Crippen LogP) is 2.99. The van der Waals surface area contributed by atoms with Gasteiger partial charge in [-0.25, -0.2) is 0 Å². The van der Waals surface area contributed by atoms with Gasteiger partial charge in [-0.15, -0.1) is 0 Å². The minimum absolute atomic E-state index is 0.738. The number of rotatable bonds is 3. The number of oxime groups is 1. The van der Waals surface area contributed by atoms with Crippen LogP contribution in [0, 0.1) is 0 Å². The highest BCUT2D eigenvalue weighted by Gasteiger charge is 2.19. The molecule has 1 aromatic rings. The largest absolute Gasteiger partial charge is 0.493 e. The molecule has 0 saturated carbocycles. The molecule has 0 radical (unpaired) electrons. The van der Waals surface area contributed by atoms with Crippen molar-refractivity contribution in [3.8, 4) is 5.75 Å². The molecule has 0 atom stereocenters. The summed E-state index contributed by atoms with van der Waals surface area (Å²) in [6, 6.07) is 5.96. The third-order valence-electron chi connectivity index (χ3n) is 2.87. The average Bonchev–Trinajstić information content (AvgIpc) is 2.35. The molecule has 3 heteroatoms. The summed E-state index contributed by atoms with van der Waals surface area (Å²) in [6.07, 6.45) is 3.89. The van der Waals surface area contributed by atoms with Crippen LogP contribution in [0.2, 0.25) is 0 Å². The van der Waals surface area contributed by atoms with E-state index >= 15 is 0 Å².